The van der Waals surface area contributed by atoms with Crippen LogP contribution in [0.4, 0.5) is 0 Å². The molecule has 0 spiro atoms. The van der Waals surface area contributed by atoms with Crippen molar-refractivity contribution in [1.29, 1.82) is 0 Å². The number of carbonyl (C=O) groups is 2. The maximum absolute atomic E-state index is 11.1. The lowest BCUT2D eigenvalue weighted by molar-refractivity contribution is -0.149. The van der Waals surface area contributed by atoms with E-state index in [0.29, 0.717) is 0 Å². The van der Waals surface area contributed by atoms with Crippen LogP contribution in [0, 0.1) is 17.8 Å². The van der Waals surface area contributed by atoms with E-state index < -0.39 is 41.3 Å². The maximum Gasteiger partial charge on any atom is 0.318 e. The zero-order valence-corrected chi connectivity index (χ0v) is 8.02. The Morgan fingerprint density at radius 1 is 1.44 bits per heavy atom. The summed E-state index contributed by atoms with van der Waals surface area (Å²) in [5.41, 5.74) is 6.34. The fourth-order valence-electron chi connectivity index (χ4n) is 2.80. The monoisotopic (exact) mass is 227 g/mol. The Balaban J connectivity index is 2.41. The number of aliphatic hydroxyl groups excluding tert-OH is 1. The van der Waals surface area contributed by atoms with Crippen LogP contribution in [-0.4, -0.2) is 38.9 Å². The van der Waals surface area contributed by atoms with Gasteiger partial charge in [0.15, 0.2) is 5.54 Å². The zero-order valence-electron chi connectivity index (χ0n) is 8.02. The van der Waals surface area contributed by atoms with Gasteiger partial charge in [-0.25, -0.2) is 0 Å². The lowest BCUT2D eigenvalue weighted by Crippen LogP contribution is -2.48. The molecule has 2 rings (SSSR count). The van der Waals surface area contributed by atoms with Crippen LogP contribution in [0.5, 0.6) is 0 Å². The summed E-state index contributed by atoms with van der Waals surface area (Å²) < 4.78 is 0. The molecule has 0 saturated heterocycles. The summed E-state index contributed by atoms with van der Waals surface area (Å²) in [5.74, 6) is -4.61. The van der Waals surface area contributed by atoms with Gasteiger partial charge in [0.25, 0.3) is 0 Å². The standard InChI is InChI=1S/C8H9N3O5/c9-11-10-8(7(15)16)3(12)1-2-4(5(2)8)6(13)14/h2-5,12H,1H2,(H,13,14)(H,15,16)/t2-,3+,4-,5-,8-/m0/s1. The fourth-order valence-corrected chi connectivity index (χ4v) is 2.80. The van der Waals surface area contributed by atoms with Crippen molar-refractivity contribution in [3.63, 3.8) is 0 Å². The van der Waals surface area contributed by atoms with E-state index in [1.54, 1.807) is 0 Å². The minimum Gasteiger partial charge on any atom is -0.481 e. The second-order valence-electron chi connectivity index (χ2n) is 4.13. The first-order chi connectivity index (χ1) is 7.46. The lowest BCUT2D eigenvalue weighted by Gasteiger charge is -2.25. The van der Waals surface area contributed by atoms with Crippen molar-refractivity contribution in [3.8, 4) is 0 Å². The predicted octanol–water partition coefficient (Wildman–Crippen LogP) is -0.168. The summed E-state index contributed by atoms with van der Waals surface area (Å²) in [6.07, 6.45) is -1.26. The minimum atomic E-state index is -2.01. The molecule has 0 bridgehead atoms. The topological polar surface area (TPSA) is 144 Å². The smallest absolute Gasteiger partial charge is 0.318 e. The van der Waals surface area contributed by atoms with Crippen molar-refractivity contribution in [2.45, 2.75) is 18.1 Å². The molecular formula is C8H9N3O5. The Hall–Kier alpha value is -1.79. The van der Waals surface area contributed by atoms with Gasteiger partial charge in [0.2, 0.25) is 0 Å². The third kappa shape index (κ3) is 1.05. The molecule has 3 N–H and O–H groups in total. The summed E-state index contributed by atoms with van der Waals surface area (Å²) in [5, 5.41) is 30.6. The quantitative estimate of drug-likeness (QED) is 0.348. The summed E-state index contributed by atoms with van der Waals surface area (Å²) in [4.78, 5) is 24.3. The van der Waals surface area contributed by atoms with Crippen molar-refractivity contribution in [2.75, 3.05) is 0 Å². The Kier molecular flexibility index (Phi) is 2.08. The third-order valence-corrected chi connectivity index (χ3v) is 3.52. The van der Waals surface area contributed by atoms with Gasteiger partial charge in [-0.15, -0.1) is 0 Å². The summed E-state index contributed by atoms with van der Waals surface area (Å²) >= 11 is 0. The number of carboxylic acid groups (broad SMARTS) is 2. The van der Waals surface area contributed by atoms with Crippen molar-refractivity contribution < 1.29 is 24.9 Å². The van der Waals surface area contributed by atoms with Crippen molar-refractivity contribution in [3.05, 3.63) is 10.4 Å². The molecule has 16 heavy (non-hydrogen) atoms. The maximum atomic E-state index is 11.1. The molecule has 5 atom stereocenters. The van der Waals surface area contributed by atoms with Gasteiger partial charge in [0.05, 0.1) is 12.0 Å². The number of carboxylic acids is 2. The van der Waals surface area contributed by atoms with Crippen molar-refractivity contribution in [1.82, 2.24) is 0 Å². The van der Waals surface area contributed by atoms with Crippen LogP contribution in [0.15, 0.2) is 5.11 Å². The Labute approximate surface area is 89.1 Å². The molecule has 0 aromatic rings. The Morgan fingerprint density at radius 3 is 2.50 bits per heavy atom. The van der Waals surface area contributed by atoms with Gasteiger partial charge in [-0.3, -0.25) is 9.59 Å². The number of aliphatic hydroxyl groups is 1. The number of rotatable bonds is 3. The molecule has 86 valence electrons. The van der Waals surface area contributed by atoms with E-state index in [-0.39, 0.29) is 6.42 Å². The number of aliphatic carboxylic acids is 2. The fraction of sp³-hybridized carbons (Fsp3) is 0.750. The molecule has 2 aliphatic rings. The highest BCUT2D eigenvalue weighted by Gasteiger charge is 2.75. The molecule has 8 nitrogen and oxygen atoms in total. The largest absolute Gasteiger partial charge is 0.481 e. The molecule has 0 aliphatic heterocycles. The van der Waals surface area contributed by atoms with Gasteiger partial charge < -0.3 is 15.3 Å². The van der Waals surface area contributed by atoms with Crippen LogP contribution < -0.4 is 0 Å². The first-order valence-corrected chi connectivity index (χ1v) is 4.67. The highest BCUT2D eigenvalue weighted by molar-refractivity contribution is 5.86. The van der Waals surface area contributed by atoms with Crippen LogP contribution >= 0.6 is 0 Å². The second kappa shape index (κ2) is 3.10. The van der Waals surface area contributed by atoms with Gasteiger partial charge >= 0.3 is 11.9 Å². The number of hydrogen-bond donors (Lipinski definition) is 3. The second-order valence-corrected chi connectivity index (χ2v) is 4.13. The van der Waals surface area contributed by atoms with Gasteiger partial charge in [-0.2, -0.15) is 0 Å². The van der Waals surface area contributed by atoms with E-state index in [1.165, 1.54) is 0 Å². The summed E-state index contributed by atoms with van der Waals surface area (Å²) in [7, 11) is 0. The Bertz CT molecular complexity index is 414. The molecule has 2 aliphatic carbocycles. The number of nitrogens with zero attached hydrogens (tertiary/aromatic N) is 3. The normalized spacial score (nSPS) is 44.3. The van der Waals surface area contributed by atoms with Gasteiger partial charge in [-0.1, -0.05) is 5.11 Å². The van der Waals surface area contributed by atoms with E-state index in [0.717, 1.165) is 0 Å². The highest BCUT2D eigenvalue weighted by atomic mass is 16.4. The molecule has 8 heteroatoms. The number of azide groups is 1. The third-order valence-electron chi connectivity index (χ3n) is 3.52. The zero-order chi connectivity index (χ0) is 12.1. The molecule has 0 unspecified atom stereocenters. The first-order valence-electron chi connectivity index (χ1n) is 4.67. The Morgan fingerprint density at radius 2 is 2.06 bits per heavy atom. The molecular weight excluding hydrogens is 218 g/mol. The molecule has 0 heterocycles. The average molecular weight is 227 g/mol. The average Bonchev–Trinajstić information content (AvgIpc) is 2.81. The van der Waals surface area contributed by atoms with Crippen LogP contribution in [-0.2, 0) is 9.59 Å². The SMILES string of the molecule is [N-]=[N+]=N[C@]1(C(=O)O)[C@H]2[C@@H](C[C@H]1O)[C@@H]2C(=O)O. The molecule has 2 fully saturated rings. The molecule has 0 radical (unpaired) electrons. The van der Waals surface area contributed by atoms with E-state index in [2.05, 4.69) is 10.0 Å². The van der Waals surface area contributed by atoms with Gasteiger partial charge in [-0.05, 0) is 17.9 Å². The number of fused-ring (bicyclic) bond motifs is 1. The van der Waals surface area contributed by atoms with Crippen molar-refractivity contribution >= 4 is 11.9 Å². The van der Waals surface area contributed by atoms with Crippen molar-refractivity contribution in [2.24, 2.45) is 22.9 Å². The number of hydrogen-bond acceptors (Lipinski definition) is 4. The molecule has 0 aromatic carbocycles. The van der Waals surface area contributed by atoms with Crippen LogP contribution in [0.2, 0.25) is 0 Å². The molecule has 0 aromatic heterocycles. The van der Waals surface area contributed by atoms with E-state index in [4.69, 9.17) is 15.7 Å². The van der Waals surface area contributed by atoms with Crippen LogP contribution in [0.3, 0.4) is 0 Å². The highest BCUT2D eigenvalue weighted by Crippen LogP contribution is 2.63. The minimum absolute atomic E-state index is 0.0486. The van der Waals surface area contributed by atoms with Crippen LogP contribution in [0.25, 0.3) is 10.4 Å². The predicted molar refractivity (Wildman–Crippen MR) is 48.2 cm³/mol. The van der Waals surface area contributed by atoms with E-state index >= 15 is 0 Å². The summed E-state index contributed by atoms with van der Waals surface area (Å²) in [6, 6.07) is 0. The summed E-state index contributed by atoms with van der Waals surface area (Å²) in [6.45, 7) is 0. The van der Waals surface area contributed by atoms with Gasteiger partial charge in [0, 0.05) is 10.8 Å². The van der Waals surface area contributed by atoms with E-state index in [1.807, 2.05) is 0 Å². The van der Waals surface area contributed by atoms with Crippen LogP contribution in [0.1, 0.15) is 6.42 Å². The molecule has 2 saturated carbocycles. The molecule has 0 amide bonds. The lowest BCUT2D eigenvalue weighted by atomic mass is 9.89. The van der Waals surface area contributed by atoms with Gasteiger partial charge in [0.1, 0.15) is 0 Å². The first kappa shape index (κ1) is 10.7. The van der Waals surface area contributed by atoms with E-state index in [9.17, 15) is 14.7 Å².